The highest BCUT2D eigenvalue weighted by atomic mass is 32.1. The van der Waals surface area contributed by atoms with Gasteiger partial charge in [-0.05, 0) is 24.6 Å². The minimum Gasteiger partial charge on any atom is -0.352 e. The zero-order valence-corrected chi connectivity index (χ0v) is 13.3. The molecule has 0 fully saturated rings. The molecule has 0 atom stereocenters. The first-order chi connectivity index (χ1) is 10.6. The van der Waals surface area contributed by atoms with E-state index in [1.165, 1.54) is 10.9 Å². The van der Waals surface area contributed by atoms with Gasteiger partial charge in [0.05, 0.1) is 6.54 Å². The average molecular weight is 324 g/mol. The summed E-state index contributed by atoms with van der Waals surface area (Å²) in [6.45, 7) is 2.77. The van der Waals surface area contributed by atoms with Crippen LogP contribution in [0.3, 0.4) is 0 Å². The number of hydrogen-bond acceptors (Lipinski definition) is 3. The minimum absolute atomic E-state index is 0.154. The maximum atomic E-state index is 13.5. The molecule has 0 aliphatic carbocycles. The van der Waals surface area contributed by atoms with Gasteiger partial charge in [0, 0.05) is 30.2 Å². The number of halogens is 2. The van der Waals surface area contributed by atoms with Gasteiger partial charge in [0.2, 0.25) is 0 Å². The molecule has 0 amide bonds. The lowest BCUT2D eigenvalue weighted by atomic mass is 10.2. The van der Waals surface area contributed by atoms with E-state index in [2.05, 4.69) is 27.5 Å². The number of aromatic nitrogens is 1. The molecule has 4 nitrogen and oxygen atoms in total. The first kappa shape index (κ1) is 16.4. The fourth-order valence-electron chi connectivity index (χ4n) is 1.83. The monoisotopic (exact) mass is 324 g/mol. The Morgan fingerprint density at radius 1 is 1.27 bits per heavy atom. The summed E-state index contributed by atoms with van der Waals surface area (Å²) >= 11 is 1.64. The normalized spacial score (nSPS) is 11.5. The van der Waals surface area contributed by atoms with E-state index in [4.69, 9.17) is 0 Å². The maximum absolute atomic E-state index is 13.5. The summed E-state index contributed by atoms with van der Waals surface area (Å²) in [6, 6.07) is 3.38. The first-order valence-corrected chi connectivity index (χ1v) is 7.76. The minimum atomic E-state index is -0.462. The highest BCUT2D eigenvalue weighted by Crippen LogP contribution is 2.13. The van der Waals surface area contributed by atoms with Crippen LogP contribution in [0, 0.1) is 11.6 Å². The van der Waals surface area contributed by atoms with Crippen LogP contribution in [-0.2, 0) is 19.5 Å². The Hall–Kier alpha value is -2.02. The van der Waals surface area contributed by atoms with Crippen LogP contribution < -0.4 is 10.6 Å². The highest BCUT2D eigenvalue weighted by Gasteiger charge is 2.06. The van der Waals surface area contributed by atoms with Gasteiger partial charge in [-0.2, -0.15) is 0 Å². The third-order valence-electron chi connectivity index (χ3n) is 3.03. The molecule has 0 saturated carbocycles. The molecule has 0 bridgehead atoms. The number of rotatable bonds is 5. The van der Waals surface area contributed by atoms with Gasteiger partial charge in [-0.25, -0.2) is 13.8 Å². The second kappa shape index (κ2) is 7.84. The second-order valence-corrected chi connectivity index (χ2v) is 5.79. The summed E-state index contributed by atoms with van der Waals surface area (Å²) in [6.07, 6.45) is 2.82. The lowest BCUT2D eigenvalue weighted by Crippen LogP contribution is -2.36. The van der Waals surface area contributed by atoms with Crippen molar-refractivity contribution in [1.29, 1.82) is 0 Å². The molecule has 0 aliphatic heterocycles. The van der Waals surface area contributed by atoms with Gasteiger partial charge in [0.1, 0.15) is 16.6 Å². The van der Waals surface area contributed by atoms with E-state index in [1.54, 1.807) is 18.4 Å². The fraction of sp³-hybridized carbons (Fsp3) is 0.333. The SMILES string of the molecule is CCc1cnc(CNC(=NC)NCc2cc(F)ccc2F)s1. The van der Waals surface area contributed by atoms with Gasteiger partial charge in [-0.15, -0.1) is 11.3 Å². The molecule has 2 N–H and O–H groups in total. The average Bonchev–Trinajstić information content (AvgIpc) is 2.98. The zero-order chi connectivity index (χ0) is 15.9. The van der Waals surface area contributed by atoms with Gasteiger partial charge in [0.25, 0.3) is 0 Å². The number of thiazole rings is 1. The molecule has 0 saturated heterocycles. The fourth-order valence-corrected chi connectivity index (χ4v) is 2.63. The predicted molar refractivity (Wildman–Crippen MR) is 84.9 cm³/mol. The number of aryl methyl sites for hydroxylation is 1. The number of hydrogen-bond donors (Lipinski definition) is 2. The van der Waals surface area contributed by atoms with Crippen molar-refractivity contribution < 1.29 is 8.78 Å². The largest absolute Gasteiger partial charge is 0.352 e. The van der Waals surface area contributed by atoms with Crippen LogP contribution in [-0.4, -0.2) is 18.0 Å². The Bertz CT molecular complexity index is 655. The summed E-state index contributed by atoms with van der Waals surface area (Å²) in [4.78, 5) is 9.58. The molecule has 118 valence electrons. The molecule has 0 unspecified atom stereocenters. The number of aliphatic imine (C=N–C) groups is 1. The van der Waals surface area contributed by atoms with Crippen LogP contribution in [0.15, 0.2) is 29.4 Å². The standard InChI is InChI=1S/C15H18F2N4S/c1-3-12-8-19-14(22-12)9-21-15(18-2)20-7-10-6-11(16)4-5-13(10)17/h4-6,8H,3,7,9H2,1-2H3,(H2,18,20,21). The Labute approximate surface area is 132 Å². The van der Waals surface area contributed by atoms with Crippen molar-refractivity contribution in [3.8, 4) is 0 Å². The van der Waals surface area contributed by atoms with E-state index in [1.807, 2.05) is 6.20 Å². The van der Waals surface area contributed by atoms with E-state index in [0.717, 1.165) is 23.6 Å². The molecule has 1 aromatic heterocycles. The highest BCUT2D eigenvalue weighted by molar-refractivity contribution is 7.11. The molecule has 1 aromatic carbocycles. The predicted octanol–water partition coefficient (Wildman–Crippen LogP) is 2.85. The molecule has 2 aromatic rings. The Balaban J connectivity index is 1.88. The number of nitrogens with one attached hydrogen (secondary N) is 2. The van der Waals surface area contributed by atoms with Gasteiger partial charge in [-0.1, -0.05) is 6.92 Å². The van der Waals surface area contributed by atoms with Crippen LogP contribution in [0.5, 0.6) is 0 Å². The molecule has 1 heterocycles. The van der Waals surface area contributed by atoms with Gasteiger partial charge in [0.15, 0.2) is 5.96 Å². The van der Waals surface area contributed by atoms with Crippen molar-refractivity contribution >= 4 is 17.3 Å². The molecule has 22 heavy (non-hydrogen) atoms. The summed E-state index contributed by atoms with van der Waals surface area (Å²) in [5, 5.41) is 7.01. The lowest BCUT2D eigenvalue weighted by Gasteiger charge is -2.11. The summed E-state index contributed by atoms with van der Waals surface area (Å²) < 4.78 is 26.7. The van der Waals surface area contributed by atoms with Crippen molar-refractivity contribution in [2.45, 2.75) is 26.4 Å². The number of nitrogens with zero attached hydrogens (tertiary/aromatic N) is 2. The van der Waals surface area contributed by atoms with E-state index < -0.39 is 11.6 Å². The van der Waals surface area contributed by atoms with Crippen LogP contribution in [0.25, 0.3) is 0 Å². The second-order valence-electron chi connectivity index (χ2n) is 4.59. The van der Waals surface area contributed by atoms with E-state index in [9.17, 15) is 8.78 Å². The number of guanidine groups is 1. The van der Waals surface area contributed by atoms with E-state index >= 15 is 0 Å². The smallest absolute Gasteiger partial charge is 0.191 e. The van der Waals surface area contributed by atoms with Crippen LogP contribution in [0.2, 0.25) is 0 Å². The van der Waals surface area contributed by atoms with Crippen molar-refractivity contribution in [3.63, 3.8) is 0 Å². The van der Waals surface area contributed by atoms with Gasteiger partial charge >= 0.3 is 0 Å². The van der Waals surface area contributed by atoms with Gasteiger partial charge < -0.3 is 10.6 Å². The molecule has 0 aliphatic rings. The Morgan fingerprint density at radius 3 is 2.73 bits per heavy atom. The molecule has 7 heteroatoms. The zero-order valence-electron chi connectivity index (χ0n) is 12.5. The summed E-state index contributed by atoms with van der Waals surface area (Å²) in [7, 11) is 1.62. The third kappa shape index (κ3) is 4.49. The molecular formula is C15H18F2N4S. The van der Waals surface area contributed by atoms with Crippen LogP contribution in [0.1, 0.15) is 22.4 Å². The lowest BCUT2D eigenvalue weighted by molar-refractivity contribution is 0.581. The summed E-state index contributed by atoms with van der Waals surface area (Å²) in [5.41, 5.74) is 0.255. The summed E-state index contributed by atoms with van der Waals surface area (Å²) in [5.74, 6) is -0.398. The van der Waals surface area contributed by atoms with Crippen molar-refractivity contribution in [2.24, 2.45) is 4.99 Å². The molecular weight excluding hydrogens is 306 g/mol. The van der Waals surface area contributed by atoms with E-state index in [-0.39, 0.29) is 12.1 Å². The Morgan fingerprint density at radius 2 is 2.05 bits per heavy atom. The first-order valence-electron chi connectivity index (χ1n) is 6.94. The topological polar surface area (TPSA) is 49.3 Å². The van der Waals surface area contributed by atoms with Crippen molar-refractivity contribution in [2.75, 3.05) is 7.05 Å². The maximum Gasteiger partial charge on any atom is 0.191 e. The molecule has 0 radical (unpaired) electrons. The molecule has 2 rings (SSSR count). The Kier molecular flexibility index (Phi) is 5.83. The van der Waals surface area contributed by atoms with Gasteiger partial charge in [-0.3, -0.25) is 4.99 Å². The van der Waals surface area contributed by atoms with Crippen LogP contribution >= 0.6 is 11.3 Å². The van der Waals surface area contributed by atoms with Crippen molar-refractivity contribution in [3.05, 3.63) is 51.5 Å². The third-order valence-corrected chi connectivity index (χ3v) is 4.18. The number of benzene rings is 1. The van der Waals surface area contributed by atoms with Crippen LogP contribution in [0.4, 0.5) is 8.78 Å². The quantitative estimate of drug-likeness (QED) is 0.657. The van der Waals surface area contributed by atoms with E-state index in [0.29, 0.717) is 12.5 Å². The molecule has 0 spiro atoms. The van der Waals surface area contributed by atoms with Crippen molar-refractivity contribution in [1.82, 2.24) is 15.6 Å².